The fourth-order valence-corrected chi connectivity index (χ4v) is 2.25. The molecular formula is C14H18N2O. The number of hydrogen-bond donors (Lipinski definition) is 0. The van der Waals surface area contributed by atoms with Gasteiger partial charge in [0, 0.05) is 18.0 Å². The summed E-state index contributed by atoms with van der Waals surface area (Å²) in [5.74, 6) is 0. The van der Waals surface area contributed by atoms with Crippen LogP contribution in [0.2, 0.25) is 0 Å². The second-order valence-corrected chi connectivity index (χ2v) is 5.04. The first-order valence-electron chi connectivity index (χ1n) is 6.03. The summed E-state index contributed by atoms with van der Waals surface area (Å²) in [4.78, 5) is 16.7. The summed E-state index contributed by atoms with van der Waals surface area (Å²) in [6, 6.07) is 5.59. The summed E-state index contributed by atoms with van der Waals surface area (Å²) in [7, 11) is 0. The first-order chi connectivity index (χ1) is 8.06. The van der Waals surface area contributed by atoms with E-state index >= 15 is 0 Å². The largest absolute Gasteiger partial charge is 0.269 e. The molecule has 0 atom stereocenters. The van der Waals surface area contributed by atoms with Gasteiger partial charge in [0.15, 0.2) is 0 Å². The van der Waals surface area contributed by atoms with E-state index in [0.29, 0.717) is 5.65 Å². The molecule has 3 heteroatoms. The van der Waals surface area contributed by atoms with E-state index in [-0.39, 0.29) is 11.0 Å². The van der Waals surface area contributed by atoms with Crippen LogP contribution in [0.5, 0.6) is 0 Å². The van der Waals surface area contributed by atoms with Crippen LogP contribution in [0.3, 0.4) is 0 Å². The van der Waals surface area contributed by atoms with Gasteiger partial charge in [-0.2, -0.15) is 0 Å². The Morgan fingerprint density at radius 2 is 2.12 bits per heavy atom. The van der Waals surface area contributed by atoms with Gasteiger partial charge in [0.1, 0.15) is 5.65 Å². The van der Waals surface area contributed by atoms with Gasteiger partial charge in [-0.3, -0.25) is 9.20 Å². The molecule has 0 aliphatic heterocycles. The zero-order valence-electron chi connectivity index (χ0n) is 10.6. The summed E-state index contributed by atoms with van der Waals surface area (Å²) in [6.07, 6.45) is 5.55. The fraction of sp³-hybridized carbons (Fsp3) is 0.429. The van der Waals surface area contributed by atoms with Gasteiger partial charge < -0.3 is 0 Å². The third-order valence-electron chi connectivity index (χ3n) is 3.22. The third-order valence-corrected chi connectivity index (χ3v) is 3.22. The van der Waals surface area contributed by atoms with Crippen LogP contribution in [0.4, 0.5) is 0 Å². The van der Waals surface area contributed by atoms with Gasteiger partial charge in [0.2, 0.25) is 0 Å². The summed E-state index contributed by atoms with van der Waals surface area (Å²) >= 11 is 0. The summed E-state index contributed by atoms with van der Waals surface area (Å²) in [5, 5.41) is 0. The Bertz CT molecular complexity index is 584. The predicted octanol–water partition coefficient (Wildman–Crippen LogP) is 2.77. The molecule has 0 bridgehead atoms. The number of pyridine rings is 1. The molecule has 0 saturated carbocycles. The van der Waals surface area contributed by atoms with Crippen LogP contribution < -0.4 is 5.56 Å². The molecule has 0 aliphatic carbocycles. The van der Waals surface area contributed by atoms with Crippen molar-refractivity contribution in [3.05, 3.63) is 46.5 Å². The summed E-state index contributed by atoms with van der Waals surface area (Å²) in [5.41, 5.74) is 1.43. The van der Waals surface area contributed by atoms with Gasteiger partial charge in [-0.25, -0.2) is 4.98 Å². The summed E-state index contributed by atoms with van der Waals surface area (Å²) in [6.45, 7) is 6.34. The van der Waals surface area contributed by atoms with E-state index < -0.39 is 0 Å². The minimum atomic E-state index is -0.115. The topological polar surface area (TPSA) is 34.4 Å². The maximum atomic E-state index is 12.4. The SMILES string of the molecule is CCCC(C)(C)c1cnc2ccccn2c1=O. The van der Waals surface area contributed by atoms with Crippen LogP contribution in [-0.4, -0.2) is 9.38 Å². The fourth-order valence-electron chi connectivity index (χ4n) is 2.25. The minimum absolute atomic E-state index is 0.0500. The Hall–Kier alpha value is -1.64. The van der Waals surface area contributed by atoms with Crippen molar-refractivity contribution in [3.63, 3.8) is 0 Å². The molecule has 2 heterocycles. The lowest BCUT2D eigenvalue weighted by atomic mass is 9.82. The lowest BCUT2D eigenvalue weighted by molar-refractivity contribution is 0.465. The third kappa shape index (κ3) is 2.09. The molecule has 0 radical (unpaired) electrons. The normalized spacial score (nSPS) is 11.9. The van der Waals surface area contributed by atoms with E-state index in [0.717, 1.165) is 18.4 Å². The highest BCUT2D eigenvalue weighted by atomic mass is 16.1. The number of hydrogen-bond acceptors (Lipinski definition) is 2. The van der Waals surface area contributed by atoms with Gasteiger partial charge in [-0.05, 0) is 24.0 Å². The Morgan fingerprint density at radius 1 is 1.35 bits per heavy atom. The van der Waals surface area contributed by atoms with Crippen LogP contribution >= 0.6 is 0 Å². The van der Waals surface area contributed by atoms with Crippen molar-refractivity contribution < 1.29 is 0 Å². The second kappa shape index (κ2) is 4.32. The van der Waals surface area contributed by atoms with E-state index in [1.807, 2.05) is 18.2 Å². The minimum Gasteiger partial charge on any atom is -0.269 e. The first kappa shape index (κ1) is 11.8. The quantitative estimate of drug-likeness (QED) is 0.812. The molecule has 90 valence electrons. The van der Waals surface area contributed by atoms with Crippen LogP contribution in [-0.2, 0) is 5.41 Å². The van der Waals surface area contributed by atoms with Crippen LogP contribution in [0.25, 0.3) is 5.65 Å². The molecule has 2 aromatic rings. The van der Waals surface area contributed by atoms with Gasteiger partial charge in [0.05, 0.1) is 0 Å². The molecule has 0 unspecified atom stereocenters. The highest BCUT2D eigenvalue weighted by Gasteiger charge is 2.23. The maximum absolute atomic E-state index is 12.4. The van der Waals surface area contributed by atoms with Crippen molar-refractivity contribution in [2.24, 2.45) is 0 Å². The number of fused-ring (bicyclic) bond motifs is 1. The van der Waals surface area contributed by atoms with Crippen molar-refractivity contribution in [2.75, 3.05) is 0 Å². The monoisotopic (exact) mass is 230 g/mol. The van der Waals surface area contributed by atoms with Crippen molar-refractivity contribution in [2.45, 2.75) is 39.0 Å². The van der Waals surface area contributed by atoms with Gasteiger partial charge in [-0.1, -0.05) is 33.3 Å². The van der Waals surface area contributed by atoms with E-state index in [1.54, 1.807) is 16.8 Å². The predicted molar refractivity (Wildman–Crippen MR) is 69.4 cm³/mol. The van der Waals surface area contributed by atoms with Gasteiger partial charge in [0.25, 0.3) is 5.56 Å². The van der Waals surface area contributed by atoms with Crippen LogP contribution in [0, 0.1) is 0 Å². The van der Waals surface area contributed by atoms with Crippen LogP contribution in [0.15, 0.2) is 35.4 Å². The molecule has 3 nitrogen and oxygen atoms in total. The Labute approximate surface area is 101 Å². The van der Waals surface area contributed by atoms with Crippen molar-refractivity contribution in [1.82, 2.24) is 9.38 Å². The Balaban J connectivity index is 2.65. The highest BCUT2D eigenvalue weighted by molar-refractivity contribution is 5.38. The average Bonchev–Trinajstić information content (AvgIpc) is 2.29. The van der Waals surface area contributed by atoms with E-state index in [2.05, 4.69) is 25.8 Å². The van der Waals surface area contributed by atoms with Crippen molar-refractivity contribution in [1.29, 1.82) is 0 Å². The molecule has 17 heavy (non-hydrogen) atoms. The number of rotatable bonds is 3. The lowest BCUT2D eigenvalue weighted by Gasteiger charge is -2.23. The molecule has 2 rings (SSSR count). The molecule has 0 fully saturated rings. The Morgan fingerprint density at radius 3 is 2.82 bits per heavy atom. The zero-order chi connectivity index (χ0) is 12.5. The second-order valence-electron chi connectivity index (χ2n) is 5.04. The molecular weight excluding hydrogens is 212 g/mol. The van der Waals surface area contributed by atoms with E-state index in [4.69, 9.17) is 0 Å². The molecule has 0 aromatic carbocycles. The smallest absolute Gasteiger partial charge is 0.261 e. The summed E-state index contributed by atoms with van der Waals surface area (Å²) < 4.78 is 1.62. The molecule has 0 aliphatic rings. The molecule has 2 aromatic heterocycles. The van der Waals surface area contributed by atoms with E-state index in [9.17, 15) is 4.79 Å². The standard InChI is InChI=1S/C14H18N2O/c1-4-8-14(2,3)11-10-15-12-7-5-6-9-16(12)13(11)17/h5-7,9-10H,4,8H2,1-3H3. The molecule has 0 spiro atoms. The Kier molecular flexibility index (Phi) is 3.01. The highest BCUT2D eigenvalue weighted by Crippen LogP contribution is 2.25. The molecule has 0 saturated heterocycles. The van der Waals surface area contributed by atoms with Crippen LogP contribution in [0.1, 0.15) is 39.2 Å². The maximum Gasteiger partial charge on any atom is 0.261 e. The number of aromatic nitrogens is 2. The van der Waals surface area contributed by atoms with Gasteiger partial charge >= 0.3 is 0 Å². The van der Waals surface area contributed by atoms with Gasteiger partial charge in [-0.15, -0.1) is 0 Å². The molecule has 0 N–H and O–H groups in total. The average molecular weight is 230 g/mol. The van der Waals surface area contributed by atoms with E-state index in [1.165, 1.54) is 0 Å². The number of nitrogens with zero attached hydrogens (tertiary/aromatic N) is 2. The molecule has 0 amide bonds. The van der Waals surface area contributed by atoms with Crippen molar-refractivity contribution >= 4 is 5.65 Å². The van der Waals surface area contributed by atoms with Crippen molar-refractivity contribution in [3.8, 4) is 0 Å². The zero-order valence-corrected chi connectivity index (χ0v) is 10.6. The lowest BCUT2D eigenvalue weighted by Crippen LogP contribution is -2.30. The first-order valence-corrected chi connectivity index (χ1v) is 6.03.